The molecule has 0 saturated carbocycles. The number of hydrogen-bond donors (Lipinski definition) is 2. The Balaban J connectivity index is 1.51. The average molecular weight is 351 g/mol. The molecule has 2 amide bonds. The number of carbonyl (C=O) groups excluding carboxylic acids is 2. The van der Waals surface area contributed by atoms with Crippen molar-refractivity contribution >= 4 is 17.5 Å². The van der Waals surface area contributed by atoms with Gasteiger partial charge in [0.25, 0.3) is 0 Å². The molecule has 2 aliphatic rings. The molecule has 2 aromatic rings. The summed E-state index contributed by atoms with van der Waals surface area (Å²) in [5, 5.41) is 5.77. The van der Waals surface area contributed by atoms with Crippen LogP contribution in [-0.4, -0.2) is 23.9 Å². The van der Waals surface area contributed by atoms with E-state index in [9.17, 15) is 9.59 Å². The monoisotopic (exact) mass is 351 g/mol. The van der Waals surface area contributed by atoms with Crippen LogP contribution in [0.1, 0.15) is 41.1 Å². The number of anilines is 1. The van der Waals surface area contributed by atoms with E-state index in [1.807, 2.05) is 18.3 Å². The second-order valence-electron chi connectivity index (χ2n) is 6.75. The van der Waals surface area contributed by atoms with E-state index in [0.29, 0.717) is 18.0 Å². The number of carbonyl (C=O) groups is 2. The fraction of sp³-hybridized carbons (Fsp3) is 0.350. The number of benzene rings is 1. The van der Waals surface area contributed by atoms with Crippen LogP contribution >= 0.6 is 0 Å². The zero-order valence-corrected chi connectivity index (χ0v) is 14.7. The van der Waals surface area contributed by atoms with Crippen molar-refractivity contribution in [3.05, 3.63) is 52.8 Å². The number of fused-ring (bicyclic) bond motifs is 2. The molecule has 0 fully saturated rings. The van der Waals surface area contributed by atoms with Gasteiger partial charge in [-0.1, -0.05) is 18.2 Å². The molecule has 0 spiro atoms. The minimum Gasteiger partial charge on any atom is -0.495 e. The van der Waals surface area contributed by atoms with Crippen LogP contribution in [0.15, 0.2) is 30.5 Å². The number of pyridine rings is 1. The fourth-order valence-electron chi connectivity index (χ4n) is 3.75. The maximum Gasteiger partial charge on any atom is 0.228 e. The second-order valence-corrected chi connectivity index (χ2v) is 6.75. The van der Waals surface area contributed by atoms with E-state index in [4.69, 9.17) is 4.74 Å². The van der Waals surface area contributed by atoms with Gasteiger partial charge in [-0.05, 0) is 42.0 Å². The summed E-state index contributed by atoms with van der Waals surface area (Å²) in [5.74, 6) is -0.288. The third-order valence-corrected chi connectivity index (χ3v) is 5.07. The SMILES string of the molecule is COc1cccc2c1NC(=O)C[C@H]2C(=O)NCc1cnc2c(c1)CCC2. The van der Waals surface area contributed by atoms with Gasteiger partial charge in [0.15, 0.2) is 0 Å². The molecule has 26 heavy (non-hydrogen) atoms. The van der Waals surface area contributed by atoms with Gasteiger partial charge in [0.1, 0.15) is 5.75 Å². The largest absolute Gasteiger partial charge is 0.495 e. The van der Waals surface area contributed by atoms with Crippen molar-refractivity contribution in [3.8, 4) is 5.75 Å². The Bertz CT molecular complexity index is 879. The molecule has 1 aliphatic carbocycles. The fourth-order valence-corrected chi connectivity index (χ4v) is 3.75. The molecule has 6 nitrogen and oxygen atoms in total. The van der Waals surface area contributed by atoms with E-state index in [1.54, 1.807) is 13.2 Å². The van der Waals surface area contributed by atoms with Gasteiger partial charge < -0.3 is 15.4 Å². The van der Waals surface area contributed by atoms with E-state index in [1.165, 1.54) is 11.3 Å². The molecule has 0 bridgehead atoms. The number of methoxy groups -OCH3 is 1. The van der Waals surface area contributed by atoms with E-state index >= 15 is 0 Å². The summed E-state index contributed by atoms with van der Waals surface area (Å²) >= 11 is 0. The molecule has 2 heterocycles. The minimum atomic E-state index is -0.517. The Hall–Kier alpha value is -2.89. The third kappa shape index (κ3) is 3.03. The van der Waals surface area contributed by atoms with Crippen molar-refractivity contribution in [1.29, 1.82) is 0 Å². The van der Waals surface area contributed by atoms with Gasteiger partial charge in [0, 0.05) is 24.9 Å². The van der Waals surface area contributed by atoms with Gasteiger partial charge in [0.2, 0.25) is 11.8 Å². The topological polar surface area (TPSA) is 80.3 Å². The Kier molecular flexibility index (Phi) is 4.32. The molecule has 1 atom stereocenters. The highest BCUT2D eigenvalue weighted by atomic mass is 16.5. The number of ether oxygens (including phenoxy) is 1. The van der Waals surface area contributed by atoms with Gasteiger partial charge in [0.05, 0.1) is 18.7 Å². The van der Waals surface area contributed by atoms with Crippen molar-refractivity contribution in [2.24, 2.45) is 0 Å². The van der Waals surface area contributed by atoms with Crippen molar-refractivity contribution < 1.29 is 14.3 Å². The first-order valence-electron chi connectivity index (χ1n) is 8.87. The standard InChI is InChI=1S/C20H21N3O3/c1-26-17-7-3-5-14-15(9-18(24)23-19(14)17)20(25)22-11-12-8-13-4-2-6-16(13)21-10-12/h3,5,7-8,10,15H,2,4,6,9,11H2,1H3,(H,22,25)(H,23,24)/t15-/m1/s1. The predicted octanol–water partition coefficient (Wildman–Crippen LogP) is 2.32. The first-order chi connectivity index (χ1) is 12.7. The number of nitrogens with zero attached hydrogens (tertiary/aromatic N) is 1. The first-order valence-corrected chi connectivity index (χ1v) is 8.87. The van der Waals surface area contributed by atoms with E-state index < -0.39 is 5.92 Å². The average Bonchev–Trinajstić information content (AvgIpc) is 3.12. The van der Waals surface area contributed by atoms with Crippen LogP contribution in [0.25, 0.3) is 0 Å². The number of nitrogens with one attached hydrogen (secondary N) is 2. The van der Waals surface area contributed by atoms with Crippen molar-refractivity contribution in [2.75, 3.05) is 12.4 Å². The molecule has 2 N–H and O–H groups in total. The Labute approximate surface area is 152 Å². The van der Waals surface area contributed by atoms with Crippen molar-refractivity contribution in [1.82, 2.24) is 10.3 Å². The normalized spacial score (nSPS) is 17.9. The number of hydrogen-bond acceptors (Lipinski definition) is 4. The summed E-state index contributed by atoms with van der Waals surface area (Å²) in [6.45, 7) is 0.413. The van der Waals surface area contributed by atoms with E-state index in [2.05, 4.69) is 21.7 Å². The van der Waals surface area contributed by atoms with Gasteiger partial charge >= 0.3 is 0 Å². The molecule has 0 saturated heterocycles. The van der Waals surface area contributed by atoms with E-state index in [-0.39, 0.29) is 18.2 Å². The lowest BCUT2D eigenvalue weighted by molar-refractivity contribution is -0.126. The lowest BCUT2D eigenvalue weighted by Crippen LogP contribution is -2.35. The zero-order chi connectivity index (χ0) is 18.1. The third-order valence-electron chi connectivity index (χ3n) is 5.07. The van der Waals surface area contributed by atoms with Crippen LogP contribution in [0.4, 0.5) is 5.69 Å². The van der Waals surface area contributed by atoms with Gasteiger partial charge in [-0.25, -0.2) is 0 Å². The Morgan fingerprint density at radius 3 is 3.12 bits per heavy atom. The zero-order valence-electron chi connectivity index (χ0n) is 14.7. The number of aromatic nitrogens is 1. The van der Waals surface area contributed by atoms with Crippen LogP contribution in [0.2, 0.25) is 0 Å². The molecule has 1 aromatic carbocycles. The summed E-state index contributed by atoms with van der Waals surface area (Å²) in [5.41, 5.74) is 4.82. The van der Waals surface area contributed by atoms with Crippen LogP contribution < -0.4 is 15.4 Å². The van der Waals surface area contributed by atoms with E-state index in [0.717, 1.165) is 30.4 Å². The van der Waals surface area contributed by atoms with Crippen LogP contribution in [0, 0.1) is 0 Å². The summed E-state index contributed by atoms with van der Waals surface area (Å²) in [7, 11) is 1.55. The molecule has 6 heteroatoms. The summed E-state index contributed by atoms with van der Waals surface area (Å²) in [6, 6.07) is 7.59. The quantitative estimate of drug-likeness (QED) is 0.886. The highest BCUT2D eigenvalue weighted by Crippen LogP contribution is 2.38. The maximum absolute atomic E-state index is 12.8. The summed E-state index contributed by atoms with van der Waals surface area (Å²) in [6.07, 6.45) is 5.20. The molecule has 134 valence electrons. The first kappa shape index (κ1) is 16.6. The van der Waals surface area contributed by atoms with Gasteiger partial charge in [-0.3, -0.25) is 14.6 Å². The van der Waals surface area contributed by atoms with Crippen LogP contribution in [-0.2, 0) is 29.0 Å². The highest BCUT2D eigenvalue weighted by molar-refractivity contribution is 6.02. The van der Waals surface area contributed by atoms with Crippen LogP contribution in [0.5, 0.6) is 5.75 Å². The number of rotatable bonds is 4. The second kappa shape index (κ2) is 6.78. The number of amides is 2. The summed E-state index contributed by atoms with van der Waals surface area (Å²) < 4.78 is 5.31. The van der Waals surface area contributed by atoms with Crippen molar-refractivity contribution in [3.63, 3.8) is 0 Å². The summed E-state index contributed by atoms with van der Waals surface area (Å²) in [4.78, 5) is 29.3. The van der Waals surface area contributed by atoms with Crippen LogP contribution in [0.3, 0.4) is 0 Å². The molecule has 4 rings (SSSR count). The molecule has 1 aromatic heterocycles. The minimum absolute atomic E-state index is 0.133. The maximum atomic E-state index is 12.8. The Morgan fingerprint density at radius 2 is 2.27 bits per heavy atom. The predicted molar refractivity (Wildman–Crippen MR) is 97.1 cm³/mol. The molecule has 0 radical (unpaired) electrons. The van der Waals surface area contributed by atoms with Gasteiger partial charge in [-0.2, -0.15) is 0 Å². The number of para-hydroxylation sites is 1. The molecule has 1 aliphatic heterocycles. The lowest BCUT2D eigenvalue weighted by Gasteiger charge is -2.26. The molecular weight excluding hydrogens is 330 g/mol. The molecule has 0 unspecified atom stereocenters. The Morgan fingerprint density at radius 1 is 1.38 bits per heavy atom. The molecular formula is C20H21N3O3. The smallest absolute Gasteiger partial charge is 0.228 e. The highest BCUT2D eigenvalue weighted by Gasteiger charge is 2.32. The lowest BCUT2D eigenvalue weighted by atomic mass is 9.89. The van der Waals surface area contributed by atoms with Crippen molar-refractivity contribution in [2.45, 2.75) is 38.1 Å². The number of aryl methyl sites for hydroxylation is 2. The van der Waals surface area contributed by atoms with Gasteiger partial charge in [-0.15, -0.1) is 0 Å².